The molecule has 1 saturated heterocycles. The van der Waals surface area contributed by atoms with Crippen molar-refractivity contribution in [1.82, 2.24) is 24.7 Å². The Kier molecular flexibility index (Phi) is 5.69. The number of anilines is 1. The number of fused-ring (bicyclic) bond motifs is 1. The van der Waals surface area contributed by atoms with E-state index in [1.165, 1.54) is 0 Å². The molecule has 0 aliphatic carbocycles. The maximum absolute atomic E-state index is 13.2. The van der Waals surface area contributed by atoms with E-state index in [4.69, 9.17) is 4.74 Å². The Morgan fingerprint density at radius 2 is 1.97 bits per heavy atom. The van der Waals surface area contributed by atoms with Gasteiger partial charge in [0.25, 0.3) is 5.56 Å². The predicted octanol–water partition coefficient (Wildman–Crippen LogP) is 2.77. The summed E-state index contributed by atoms with van der Waals surface area (Å²) in [4.78, 5) is 21.2. The van der Waals surface area contributed by atoms with Crippen LogP contribution in [0.3, 0.4) is 0 Å². The monoisotopic (exact) mass is 440 g/mol. The van der Waals surface area contributed by atoms with E-state index in [0.29, 0.717) is 43.0 Å². The van der Waals surface area contributed by atoms with Gasteiger partial charge in [0.05, 0.1) is 29.4 Å². The van der Waals surface area contributed by atoms with Gasteiger partial charge in [-0.2, -0.15) is 13.2 Å². The van der Waals surface area contributed by atoms with Crippen molar-refractivity contribution in [3.63, 3.8) is 0 Å². The second-order valence-corrected chi connectivity index (χ2v) is 8.12. The maximum atomic E-state index is 13.2. The summed E-state index contributed by atoms with van der Waals surface area (Å²) >= 11 is 1.06. The molecule has 160 valence electrons. The molecule has 1 aliphatic rings. The first-order chi connectivity index (χ1) is 14.3. The summed E-state index contributed by atoms with van der Waals surface area (Å²) in [6.45, 7) is 2.26. The SMILES string of the molecule is CC(Sc1nnc(N2CCOCC2)n1CC(F)(F)F)c1nc2ccccc2c(=O)[nH]1. The van der Waals surface area contributed by atoms with Crippen molar-refractivity contribution >= 4 is 28.6 Å². The summed E-state index contributed by atoms with van der Waals surface area (Å²) in [6.07, 6.45) is -4.43. The van der Waals surface area contributed by atoms with E-state index in [1.54, 1.807) is 36.1 Å². The number of rotatable bonds is 5. The molecule has 0 saturated carbocycles. The fraction of sp³-hybridized carbons (Fsp3) is 0.444. The molecule has 1 atom stereocenters. The number of para-hydroxylation sites is 1. The van der Waals surface area contributed by atoms with Crippen molar-refractivity contribution in [2.45, 2.75) is 30.1 Å². The second-order valence-electron chi connectivity index (χ2n) is 6.81. The standard InChI is InChI=1S/C18H19F3N6O2S/c1-11(14-22-13-5-3-2-4-12(13)15(28)23-14)30-17-25-24-16(26-6-8-29-9-7-26)27(17)10-18(19,20)21/h2-5,11H,6-10H2,1H3,(H,22,23,28). The van der Waals surface area contributed by atoms with Gasteiger partial charge in [0.1, 0.15) is 12.4 Å². The van der Waals surface area contributed by atoms with Gasteiger partial charge in [0, 0.05) is 13.1 Å². The van der Waals surface area contributed by atoms with E-state index < -0.39 is 18.0 Å². The van der Waals surface area contributed by atoms with E-state index >= 15 is 0 Å². The normalized spacial score (nSPS) is 16.2. The average Bonchev–Trinajstić information content (AvgIpc) is 3.09. The molecule has 3 aromatic rings. The lowest BCUT2D eigenvalue weighted by molar-refractivity contribution is -0.141. The second kappa shape index (κ2) is 8.26. The molecule has 4 rings (SSSR count). The van der Waals surface area contributed by atoms with Gasteiger partial charge >= 0.3 is 6.18 Å². The molecule has 0 radical (unpaired) electrons. The molecule has 3 heterocycles. The van der Waals surface area contributed by atoms with Crippen LogP contribution in [-0.4, -0.2) is 57.2 Å². The fourth-order valence-corrected chi connectivity index (χ4v) is 4.10. The Balaban J connectivity index is 1.65. The number of nitrogens with one attached hydrogen (secondary N) is 1. The highest BCUT2D eigenvalue weighted by Gasteiger charge is 2.33. The third-order valence-electron chi connectivity index (χ3n) is 4.63. The van der Waals surface area contributed by atoms with Crippen LogP contribution in [0.15, 0.2) is 34.2 Å². The molecular formula is C18H19F3N6O2S. The number of ether oxygens (including phenoxy) is 1. The number of alkyl halides is 3. The van der Waals surface area contributed by atoms with E-state index in [0.717, 1.165) is 16.3 Å². The third-order valence-corrected chi connectivity index (χ3v) is 5.72. The molecule has 0 spiro atoms. The lowest BCUT2D eigenvalue weighted by atomic mass is 10.2. The van der Waals surface area contributed by atoms with Gasteiger partial charge in [-0.25, -0.2) is 4.98 Å². The maximum Gasteiger partial charge on any atom is 0.406 e. The first-order valence-electron chi connectivity index (χ1n) is 9.30. The third kappa shape index (κ3) is 4.43. The molecule has 30 heavy (non-hydrogen) atoms. The van der Waals surface area contributed by atoms with E-state index in [9.17, 15) is 18.0 Å². The van der Waals surface area contributed by atoms with Crippen molar-refractivity contribution in [2.24, 2.45) is 0 Å². The van der Waals surface area contributed by atoms with Gasteiger partial charge in [0.2, 0.25) is 5.95 Å². The van der Waals surface area contributed by atoms with Gasteiger partial charge in [-0.15, -0.1) is 10.2 Å². The van der Waals surface area contributed by atoms with Gasteiger partial charge in [-0.3, -0.25) is 9.36 Å². The molecule has 0 amide bonds. The summed E-state index contributed by atoms with van der Waals surface area (Å²) in [5.74, 6) is 0.517. The average molecular weight is 440 g/mol. The quantitative estimate of drug-likeness (QED) is 0.611. The van der Waals surface area contributed by atoms with Gasteiger partial charge in [-0.1, -0.05) is 23.9 Å². The van der Waals surface area contributed by atoms with Crippen LogP contribution in [0, 0.1) is 0 Å². The minimum atomic E-state index is -4.43. The van der Waals surface area contributed by atoms with Crippen molar-refractivity contribution in [3.05, 3.63) is 40.4 Å². The number of aromatic amines is 1. The predicted molar refractivity (Wildman–Crippen MR) is 106 cm³/mol. The highest BCUT2D eigenvalue weighted by molar-refractivity contribution is 7.99. The smallest absolute Gasteiger partial charge is 0.378 e. The molecular weight excluding hydrogens is 421 g/mol. The summed E-state index contributed by atoms with van der Waals surface area (Å²) in [7, 11) is 0. The number of aromatic nitrogens is 5. The van der Waals surface area contributed by atoms with Crippen LogP contribution < -0.4 is 10.5 Å². The molecule has 1 fully saturated rings. The number of morpholine rings is 1. The zero-order valence-corrected chi connectivity index (χ0v) is 16.8. The Hall–Kier alpha value is -2.60. The number of hydrogen-bond donors (Lipinski definition) is 1. The summed E-state index contributed by atoms with van der Waals surface area (Å²) in [6, 6.07) is 6.89. The van der Waals surface area contributed by atoms with Crippen LogP contribution in [0.4, 0.5) is 19.1 Å². The molecule has 2 aromatic heterocycles. The highest BCUT2D eigenvalue weighted by Crippen LogP contribution is 2.35. The molecule has 1 N–H and O–H groups in total. The number of hydrogen-bond acceptors (Lipinski definition) is 7. The van der Waals surface area contributed by atoms with Crippen LogP contribution in [0.25, 0.3) is 10.9 Å². The van der Waals surface area contributed by atoms with Crippen LogP contribution in [-0.2, 0) is 11.3 Å². The topological polar surface area (TPSA) is 88.9 Å². The molecule has 8 nitrogen and oxygen atoms in total. The Labute approximate surface area is 173 Å². The molecule has 1 unspecified atom stereocenters. The van der Waals surface area contributed by atoms with Crippen molar-refractivity contribution in [1.29, 1.82) is 0 Å². The van der Waals surface area contributed by atoms with Crippen molar-refractivity contribution in [2.75, 3.05) is 31.2 Å². The number of benzene rings is 1. The Morgan fingerprint density at radius 1 is 1.23 bits per heavy atom. The van der Waals surface area contributed by atoms with Crippen LogP contribution in [0.5, 0.6) is 0 Å². The first-order valence-corrected chi connectivity index (χ1v) is 10.2. The highest BCUT2D eigenvalue weighted by atomic mass is 32.2. The van der Waals surface area contributed by atoms with Crippen LogP contribution in [0.1, 0.15) is 18.0 Å². The molecule has 1 aromatic carbocycles. The largest absolute Gasteiger partial charge is 0.406 e. The molecule has 0 bridgehead atoms. The van der Waals surface area contributed by atoms with Gasteiger partial charge in [0.15, 0.2) is 5.16 Å². The number of halogens is 3. The zero-order valence-electron chi connectivity index (χ0n) is 16.0. The van der Waals surface area contributed by atoms with Crippen molar-refractivity contribution in [3.8, 4) is 0 Å². The minimum Gasteiger partial charge on any atom is -0.378 e. The van der Waals surface area contributed by atoms with Gasteiger partial charge < -0.3 is 14.6 Å². The molecule has 1 aliphatic heterocycles. The van der Waals surface area contributed by atoms with E-state index in [-0.39, 0.29) is 16.7 Å². The first kappa shape index (κ1) is 20.7. The fourth-order valence-electron chi connectivity index (χ4n) is 3.19. The van der Waals surface area contributed by atoms with Gasteiger partial charge in [-0.05, 0) is 19.1 Å². The van der Waals surface area contributed by atoms with E-state index in [2.05, 4.69) is 20.2 Å². The Morgan fingerprint density at radius 3 is 2.70 bits per heavy atom. The lowest BCUT2D eigenvalue weighted by Gasteiger charge is -2.28. The van der Waals surface area contributed by atoms with Crippen LogP contribution in [0.2, 0.25) is 0 Å². The van der Waals surface area contributed by atoms with E-state index in [1.807, 2.05) is 0 Å². The minimum absolute atomic E-state index is 0.108. The van der Waals surface area contributed by atoms with Crippen LogP contribution >= 0.6 is 11.8 Å². The number of H-pyrrole nitrogens is 1. The summed E-state index contributed by atoms with van der Waals surface area (Å²) in [5.41, 5.74) is 0.225. The number of nitrogens with zero attached hydrogens (tertiary/aromatic N) is 5. The summed E-state index contributed by atoms with van der Waals surface area (Å²) in [5, 5.41) is 8.12. The Bertz CT molecular complexity index is 1090. The lowest BCUT2D eigenvalue weighted by Crippen LogP contribution is -2.38. The number of thioether (sulfide) groups is 1. The summed E-state index contributed by atoms with van der Waals surface area (Å²) < 4.78 is 46.1. The molecule has 12 heteroatoms. The van der Waals surface area contributed by atoms with Crippen molar-refractivity contribution < 1.29 is 17.9 Å². The zero-order chi connectivity index (χ0) is 21.3.